The first-order valence-electron chi connectivity index (χ1n) is 11.4. The fourth-order valence-corrected chi connectivity index (χ4v) is 4.62. The lowest BCUT2D eigenvalue weighted by Gasteiger charge is -2.09. The molecule has 3 aromatic carbocycles. The van der Waals surface area contributed by atoms with E-state index in [0.29, 0.717) is 16.9 Å². The second kappa shape index (κ2) is 7.95. The van der Waals surface area contributed by atoms with Crippen molar-refractivity contribution >= 4 is 16.6 Å². The molecular weight excluding hydrogens is 436 g/mol. The Hall–Kier alpha value is -4.71. The zero-order chi connectivity index (χ0) is 24.1. The molecule has 0 saturated heterocycles. The molecule has 0 saturated carbocycles. The van der Waals surface area contributed by atoms with E-state index in [1.807, 2.05) is 85.8 Å². The van der Waals surface area contributed by atoms with E-state index in [4.69, 9.17) is 5.10 Å². The van der Waals surface area contributed by atoms with Crippen molar-refractivity contribution in [3.8, 4) is 39.3 Å². The largest absolute Gasteiger partial charge is 0.506 e. The number of nitrogens with one attached hydrogen (secondary N) is 1. The minimum absolute atomic E-state index is 0.128. The van der Waals surface area contributed by atoms with Crippen LogP contribution in [-0.2, 0) is 0 Å². The van der Waals surface area contributed by atoms with Crippen LogP contribution in [0, 0.1) is 13.8 Å². The van der Waals surface area contributed by atoms with E-state index in [1.165, 1.54) is 4.52 Å². The molecule has 0 bridgehead atoms. The van der Waals surface area contributed by atoms with Crippen molar-refractivity contribution in [2.24, 2.45) is 0 Å². The third-order valence-electron chi connectivity index (χ3n) is 6.35. The van der Waals surface area contributed by atoms with Crippen molar-refractivity contribution in [1.29, 1.82) is 0 Å². The second-order valence-corrected chi connectivity index (χ2v) is 8.65. The number of aromatic hydroxyl groups is 1. The molecule has 0 radical (unpaired) electrons. The average molecular weight is 459 g/mol. The van der Waals surface area contributed by atoms with Gasteiger partial charge in [-0.15, -0.1) is 0 Å². The summed E-state index contributed by atoms with van der Waals surface area (Å²) in [7, 11) is 0. The molecule has 3 aromatic heterocycles. The Morgan fingerprint density at radius 1 is 0.800 bits per heavy atom. The number of aromatic nitrogens is 4. The lowest BCUT2D eigenvalue weighted by Crippen LogP contribution is -2.19. The van der Waals surface area contributed by atoms with E-state index in [2.05, 4.69) is 9.97 Å². The summed E-state index contributed by atoms with van der Waals surface area (Å²) < 4.78 is 1.46. The third kappa shape index (κ3) is 3.38. The Labute approximate surface area is 201 Å². The van der Waals surface area contributed by atoms with Crippen LogP contribution in [0.1, 0.15) is 11.4 Å². The Kier molecular flexibility index (Phi) is 4.74. The number of fused-ring (bicyclic) bond motifs is 2. The van der Waals surface area contributed by atoms with Gasteiger partial charge in [-0.2, -0.15) is 9.61 Å². The molecule has 170 valence electrons. The first-order valence-corrected chi connectivity index (χ1v) is 11.4. The van der Waals surface area contributed by atoms with Gasteiger partial charge in [0.1, 0.15) is 17.1 Å². The number of H-pyrrole nitrogens is 1. The van der Waals surface area contributed by atoms with E-state index in [1.54, 1.807) is 13.0 Å². The quantitative estimate of drug-likeness (QED) is 0.346. The molecule has 0 aliphatic carbocycles. The highest BCUT2D eigenvalue weighted by atomic mass is 16.3. The molecule has 6 rings (SSSR count). The van der Waals surface area contributed by atoms with Gasteiger partial charge >= 0.3 is 0 Å². The highest BCUT2D eigenvalue weighted by Gasteiger charge is 2.21. The topological polar surface area (TPSA) is 83.3 Å². The number of pyridine rings is 1. The van der Waals surface area contributed by atoms with E-state index < -0.39 is 0 Å². The molecular formula is C29H22N4O2. The van der Waals surface area contributed by atoms with Crippen LogP contribution < -0.4 is 5.56 Å². The normalized spacial score (nSPS) is 11.4. The molecule has 0 aliphatic heterocycles. The first kappa shape index (κ1) is 20.9. The van der Waals surface area contributed by atoms with Gasteiger partial charge < -0.3 is 10.1 Å². The smallest absolute Gasteiger partial charge is 0.282 e. The van der Waals surface area contributed by atoms with E-state index in [-0.39, 0.29) is 11.3 Å². The zero-order valence-corrected chi connectivity index (χ0v) is 19.3. The first-order chi connectivity index (χ1) is 17.0. The molecule has 0 spiro atoms. The molecule has 2 N–H and O–H groups in total. The van der Waals surface area contributed by atoms with Gasteiger partial charge in [0, 0.05) is 16.6 Å². The van der Waals surface area contributed by atoms with Gasteiger partial charge in [-0.25, -0.2) is 4.98 Å². The lowest BCUT2D eigenvalue weighted by atomic mass is 10.0. The SMILES string of the molecule is Cc1nc2ccc(-c3c(C)[nH]c4c(-c5ccccc5)c(-c5ccccc5)nn4c3=O)cc2cc1O. The zero-order valence-electron chi connectivity index (χ0n) is 19.3. The summed E-state index contributed by atoms with van der Waals surface area (Å²) in [5.74, 6) is 0.128. The third-order valence-corrected chi connectivity index (χ3v) is 6.35. The maximum absolute atomic E-state index is 13.9. The fraction of sp³-hybridized carbons (Fsp3) is 0.0690. The van der Waals surface area contributed by atoms with Gasteiger partial charge in [0.15, 0.2) is 0 Å². The van der Waals surface area contributed by atoms with Gasteiger partial charge in [0.05, 0.1) is 22.3 Å². The summed E-state index contributed by atoms with van der Waals surface area (Å²) in [5.41, 5.74) is 7.31. The summed E-state index contributed by atoms with van der Waals surface area (Å²) in [6, 6.07) is 27.2. The molecule has 6 nitrogen and oxygen atoms in total. The number of aryl methyl sites for hydroxylation is 2. The summed E-state index contributed by atoms with van der Waals surface area (Å²) in [4.78, 5) is 21.7. The monoisotopic (exact) mass is 458 g/mol. The maximum Gasteiger partial charge on any atom is 0.282 e. The Morgan fingerprint density at radius 3 is 2.20 bits per heavy atom. The minimum atomic E-state index is -0.209. The molecule has 6 heteroatoms. The molecule has 35 heavy (non-hydrogen) atoms. The van der Waals surface area contributed by atoms with Gasteiger partial charge in [0.25, 0.3) is 5.56 Å². The van der Waals surface area contributed by atoms with E-state index >= 15 is 0 Å². The fourth-order valence-electron chi connectivity index (χ4n) is 4.62. The Bertz CT molecular complexity index is 1790. The second-order valence-electron chi connectivity index (χ2n) is 8.65. The highest BCUT2D eigenvalue weighted by molar-refractivity contribution is 5.91. The van der Waals surface area contributed by atoms with Gasteiger partial charge in [-0.1, -0.05) is 66.7 Å². The van der Waals surface area contributed by atoms with Gasteiger partial charge in [-0.3, -0.25) is 4.79 Å². The predicted molar refractivity (Wildman–Crippen MR) is 139 cm³/mol. The van der Waals surface area contributed by atoms with Crippen molar-refractivity contribution in [2.45, 2.75) is 13.8 Å². The summed E-state index contributed by atoms with van der Waals surface area (Å²) in [5, 5.41) is 15.7. The summed E-state index contributed by atoms with van der Waals surface area (Å²) in [6.07, 6.45) is 0. The Morgan fingerprint density at radius 2 is 1.49 bits per heavy atom. The van der Waals surface area contributed by atoms with Crippen LogP contribution in [0.4, 0.5) is 0 Å². The average Bonchev–Trinajstić information content (AvgIpc) is 3.25. The van der Waals surface area contributed by atoms with Crippen LogP contribution in [0.15, 0.2) is 89.7 Å². The Balaban J connectivity index is 1.64. The lowest BCUT2D eigenvalue weighted by molar-refractivity contribution is 0.469. The summed E-state index contributed by atoms with van der Waals surface area (Å²) in [6.45, 7) is 3.66. The number of benzene rings is 3. The van der Waals surface area contributed by atoms with Crippen molar-refractivity contribution in [1.82, 2.24) is 19.6 Å². The van der Waals surface area contributed by atoms with Crippen LogP contribution >= 0.6 is 0 Å². The number of rotatable bonds is 3. The van der Waals surface area contributed by atoms with Crippen molar-refractivity contribution in [3.63, 3.8) is 0 Å². The molecule has 3 heterocycles. The van der Waals surface area contributed by atoms with Crippen LogP contribution in [0.5, 0.6) is 5.75 Å². The van der Waals surface area contributed by atoms with Crippen molar-refractivity contribution < 1.29 is 5.11 Å². The molecule has 0 fully saturated rings. The molecule has 6 aromatic rings. The molecule has 0 unspecified atom stereocenters. The van der Waals surface area contributed by atoms with E-state index in [0.717, 1.165) is 44.5 Å². The molecule has 0 aliphatic rings. The van der Waals surface area contributed by atoms with Crippen LogP contribution in [-0.4, -0.2) is 24.7 Å². The van der Waals surface area contributed by atoms with Gasteiger partial charge in [-0.05, 0) is 43.2 Å². The molecule has 0 atom stereocenters. The van der Waals surface area contributed by atoms with Crippen molar-refractivity contribution in [3.05, 3.63) is 107 Å². The molecule has 0 amide bonds. The van der Waals surface area contributed by atoms with Gasteiger partial charge in [0.2, 0.25) is 0 Å². The van der Waals surface area contributed by atoms with E-state index in [9.17, 15) is 9.90 Å². The van der Waals surface area contributed by atoms with Crippen LogP contribution in [0.3, 0.4) is 0 Å². The highest BCUT2D eigenvalue weighted by Crippen LogP contribution is 2.35. The number of hydrogen-bond acceptors (Lipinski definition) is 4. The number of nitrogens with zero attached hydrogens (tertiary/aromatic N) is 3. The van der Waals surface area contributed by atoms with Crippen molar-refractivity contribution in [2.75, 3.05) is 0 Å². The maximum atomic E-state index is 13.9. The van der Waals surface area contributed by atoms with Crippen LogP contribution in [0.2, 0.25) is 0 Å². The number of hydrogen-bond donors (Lipinski definition) is 2. The number of aromatic amines is 1. The minimum Gasteiger partial charge on any atom is -0.506 e. The predicted octanol–water partition coefficient (Wildman–Crippen LogP) is 5.89. The summed E-state index contributed by atoms with van der Waals surface area (Å²) >= 11 is 0. The van der Waals surface area contributed by atoms with Crippen LogP contribution in [0.25, 0.3) is 50.1 Å². The standard InChI is InChI=1S/C29H22N4O2/c1-17-24(34)16-22-15-21(13-14-23(22)30-17)25-18(2)31-28-26(19-9-5-3-6-10-19)27(32-33(28)29(25)35)20-11-7-4-8-12-20/h3-16,31,34H,1-2H3.